The van der Waals surface area contributed by atoms with Crippen LogP contribution in [0.15, 0.2) is 35.7 Å². The number of hydrogen-bond donors (Lipinski definition) is 2. The molecule has 3 fully saturated rings. The number of ether oxygens (including phenoxy) is 4. The summed E-state index contributed by atoms with van der Waals surface area (Å²) in [5.74, 6) is -0.0315. The number of allylic oxidation sites excluding steroid dienone is 1. The lowest BCUT2D eigenvalue weighted by atomic mass is 10.1. The van der Waals surface area contributed by atoms with E-state index < -0.39 is 53.2 Å². The number of alkyl carbamates (subject to hydrolysis) is 1. The van der Waals surface area contributed by atoms with Gasteiger partial charge in [-0.05, 0) is 84.8 Å². The van der Waals surface area contributed by atoms with Crippen molar-refractivity contribution in [3.8, 4) is 22.2 Å². The van der Waals surface area contributed by atoms with Crippen molar-refractivity contribution in [2.75, 3.05) is 20.8 Å². The van der Waals surface area contributed by atoms with Crippen molar-refractivity contribution >= 4 is 46.1 Å². The molecule has 0 bridgehead atoms. The zero-order valence-corrected chi connectivity index (χ0v) is 33.3. The molecular weight excluding hydrogens is 723 g/mol. The Kier molecular flexibility index (Phi) is 10.8. The van der Waals surface area contributed by atoms with Crippen molar-refractivity contribution in [2.24, 2.45) is 5.92 Å². The van der Waals surface area contributed by atoms with Gasteiger partial charge in [-0.25, -0.2) is 19.6 Å². The number of esters is 1. The van der Waals surface area contributed by atoms with Gasteiger partial charge in [0.15, 0.2) is 6.10 Å². The van der Waals surface area contributed by atoms with Gasteiger partial charge in [0.2, 0.25) is 5.91 Å². The highest BCUT2D eigenvalue weighted by atomic mass is 32.1. The van der Waals surface area contributed by atoms with Crippen LogP contribution in [0.4, 0.5) is 4.79 Å². The molecule has 13 nitrogen and oxygen atoms in total. The van der Waals surface area contributed by atoms with Crippen molar-refractivity contribution < 1.29 is 38.1 Å². The summed E-state index contributed by atoms with van der Waals surface area (Å²) in [6, 6.07) is 4.63. The van der Waals surface area contributed by atoms with Gasteiger partial charge < -0.3 is 34.5 Å². The van der Waals surface area contributed by atoms with Gasteiger partial charge in [0.1, 0.15) is 39.9 Å². The summed E-state index contributed by atoms with van der Waals surface area (Å²) < 4.78 is 23.4. The molecule has 4 heterocycles. The minimum absolute atomic E-state index is 0.0452. The molecule has 14 heteroatoms. The van der Waals surface area contributed by atoms with Gasteiger partial charge in [0.25, 0.3) is 5.91 Å². The minimum atomic E-state index is -1.22. The number of methoxy groups -OCH3 is 2. The van der Waals surface area contributed by atoms with Gasteiger partial charge in [0, 0.05) is 46.2 Å². The zero-order valence-electron chi connectivity index (χ0n) is 32.4. The monoisotopic (exact) mass is 773 g/mol. The number of carbonyl (C=O) groups excluding carboxylic acids is 4. The average molecular weight is 774 g/mol. The number of hydrogen-bond acceptors (Lipinski definition) is 11. The standard InChI is InChI=1S/C41H51N5O8S/c1-23-31(51-5)17-16-27-33(19-28(42-34(23)27)36-43-29(22-55-36)24-14-15-24)53-26-18-30-35(47)44-41(38(49)52-6)20-25(41)12-10-8-7-9-11-13-32(37(48)46(30)21-26)54-39(50)45-40(2,3)4/h10,12,16-17,19,22,24-26,30,32H,7-9,11,13-15,18,20-21H2,1-6H3,(H,44,47)(H,45,50). The molecule has 3 amide bonds. The molecule has 0 spiro atoms. The molecule has 5 unspecified atom stereocenters. The molecule has 2 aliphatic carbocycles. The number of aryl methyl sites for hydroxylation is 1. The Morgan fingerprint density at radius 2 is 1.85 bits per heavy atom. The second kappa shape index (κ2) is 15.4. The number of fused-ring (bicyclic) bond motifs is 3. The third-order valence-corrected chi connectivity index (χ3v) is 11.7. The van der Waals surface area contributed by atoms with Gasteiger partial charge in [-0.1, -0.05) is 18.6 Å². The third kappa shape index (κ3) is 8.29. The second-order valence-electron chi connectivity index (χ2n) is 16.2. The molecule has 2 aliphatic heterocycles. The third-order valence-electron chi connectivity index (χ3n) is 10.9. The summed E-state index contributed by atoms with van der Waals surface area (Å²) in [7, 11) is 2.93. The molecule has 1 aromatic carbocycles. The topological polar surface area (TPSA) is 158 Å². The lowest BCUT2D eigenvalue weighted by Gasteiger charge is -2.30. The van der Waals surface area contributed by atoms with Gasteiger partial charge in [-0.2, -0.15) is 0 Å². The van der Waals surface area contributed by atoms with Crippen LogP contribution in [0.1, 0.15) is 95.7 Å². The fourth-order valence-electron chi connectivity index (χ4n) is 7.68. The van der Waals surface area contributed by atoms with Crippen LogP contribution in [0.25, 0.3) is 21.6 Å². The highest BCUT2D eigenvalue weighted by Crippen LogP contribution is 2.47. The molecule has 0 radical (unpaired) electrons. The number of nitrogens with zero attached hydrogens (tertiary/aromatic N) is 3. The van der Waals surface area contributed by atoms with E-state index in [-0.39, 0.29) is 18.9 Å². The number of carbonyl (C=O) groups is 4. The molecule has 2 saturated carbocycles. The number of pyridine rings is 1. The first kappa shape index (κ1) is 38.6. The predicted octanol–water partition coefficient (Wildman–Crippen LogP) is 6.36. The van der Waals surface area contributed by atoms with E-state index in [0.29, 0.717) is 47.9 Å². The SMILES string of the molecule is COC(=O)C12CC1C=CCCCCCC(OC(=O)NC(C)(C)C)C(=O)N1CC(Oc3cc(-c4nc(C5CC5)cs4)nc4c(C)c(OC)ccc34)CC1C(=O)N2. The first-order valence-electron chi connectivity index (χ1n) is 19.3. The molecule has 3 aromatic rings. The summed E-state index contributed by atoms with van der Waals surface area (Å²) >= 11 is 1.54. The smallest absolute Gasteiger partial charge is 0.408 e. The number of rotatable bonds is 7. The van der Waals surface area contributed by atoms with Crippen LogP contribution in [0, 0.1) is 12.8 Å². The Morgan fingerprint density at radius 1 is 1.05 bits per heavy atom. The molecular formula is C41H51N5O8S. The highest BCUT2D eigenvalue weighted by Gasteiger charge is 2.62. The van der Waals surface area contributed by atoms with Gasteiger partial charge in [0.05, 0.1) is 32.0 Å². The molecule has 4 aliphatic rings. The fourth-order valence-corrected chi connectivity index (χ4v) is 8.54. The largest absolute Gasteiger partial charge is 0.496 e. The van der Waals surface area contributed by atoms with Crippen LogP contribution >= 0.6 is 11.3 Å². The molecule has 55 heavy (non-hydrogen) atoms. The van der Waals surface area contributed by atoms with Crippen LogP contribution in [0.5, 0.6) is 11.5 Å². The molecule has 2 aromatic heterocycles. The van der Waals surface area contributed by atoms with E-state index in [1.54, 1.807) is 18.4 Å². The Morgan fingerprint density at radius 3 is 2.58 bits per heavy atom. The van der Waals surface area contributed by atoms with Crippen molar-refractivity contribution in [3.05, 3.63) is 47.0 Å². The van der Waals surface area contributed by atoms with Crippen molar-refractivity contribution in [1.82, 2.24) is 25.5 Å². The van der Waals surface area contributed by atoms with Crippen LogP contribution in [0.2, 0.25) is 0 Å². The Bertz CT molecular complexity index is 2000. The van der Waals surface area contributed by atoms with E-state index in [1.165, 1.54) is 12.0 Å². The number of thiazole rings is 1. The number of aromatic nitrogens is 2. The Labute approximate surface area is 325 Å². The van der Waals surface area contributed by atoms with Crippen LogP contribution in [-0.2, 0) is 23.9 Å². The fraction of sp³-hybridized carbons (Fsp3) is 0.561. The maximum Gasteiger partial charge on any atom is 0.408 e. The summed E-state index contributed by atoms with van der Waals surface area (Å²) in [6.07, 6.45) is 7.71. The Balaban J connectivity index is 1.23. The van der Waals surface area contributed by atoms with E-state index in [2.05, 4.69) is 16.0 Å². The van der Waals surface area contributed by atoms with Crippen LogP contribution in [0.3, 0.4) is 0 Å². The van der Waals surface area contributed by atoms with Gasteiger partial charge in [-0.15, -0.1) is 11.3 Å². The van der Waals surface area contributed by atoms with E-state index in [0.717, 1.165) is 53.8 Å². The number of nitrogens with one attached hydrogen (secondary N) is 2. The predicted molar refractivity (Wildman–Crippen MR) is 207 cm³/mol. The first-order valence-corrected chi connectivity index (χ1v) is 20.2. The van der Waals surface area contributed by atoms with Crippen molar-refractivity contribution in [3.63, 3.8) is 0 Å². The van der Waals surface area contributed by atoms with Crippen LogP contribution in [-0.4, -0.2) is 88.8 Å². The van der Waals surface area contributed by atoms with E-state index in [1.807, 2.05) is 58.0 Å². The number of amides is 3. The molecule has 294 valence electrons. The molecule has 2 N–H and O–H groups in total. The average Bonchev–Trinajstić information content (AvgIpc) is 4.01. The summed E-state index contributed by atoms with van der Waals surface area (Å²) in [6.45, 7) is 7.48. The summed E-state index contributed by atoms with van der Waals surface area (Å²) in [5, 5.41) is 9.39. The maximum atomic E-state index is 14.6. The quantitative estimate of drug-likeness (QED) is 0.204. The highest BCUT2D eigenvalue weighted by molar-refractivity contribution is 7.13. The first-order chi connectivity index (χ1) is 26.3. The summed E-state index contributed by atoms with van der Waals surface area (Å²) in [4.78, 5) is 66.5. The maximum absolute atomic E-state index is 14.6. The lowest BCUT2D eigenvalue weighted by molar-refractivity contribution is -0.149. The van der Waals surface area contributed by atoms with Gasteiger partial charge in [-0.3, -0.25) is 9.59 Å². The van der Waals surface area contributed by atoms with E-state index >= 15 is 0 Å². The van der Waals surface area contributed by atoms with Crippen LogP contribution < -0.4 is 20.1 Å². The number of benzene rings is 1. The van der Waals surface area contributed by atoms with E-state index in [9.17, 15) is 19.2 Å². The lowest BCUT2D eigenvalue weighted by Crippen LogP contribution is -2.55. The Hall–Kier alpha value is -4.72. The second-order valence-corrected chi connectivity index (χ2v) is 17.1. The zero-order chi connectivity index (χ0) is 39.1. The normalized spacial score (nSPS) is 25.9. The minimum Gasteiger partial charge on any atom is -0.496 e. The molecule has 7 rings (SSSR count). The summed E-state index contributed by atoms with van der Waals surface area (Å²) in [5.41, 5.74) is 1.46. The van der Waals surface area contributed by atoms with Gasteiger partial charge >= 0.3 is 12.1 Å². The van der Waals surface area contributed by atoms with E-state index in [4.69, 9.17) is 28.9 Å². The molecule has 1 saturated heterocycles. The van der Waals surface area contributed by atoms with Crippen molar-refractivity contribution in [2.45, 2.75) is 121 Å². The molecule has 5 atom stereocenters. The van der Waals surface area contributed by atoms with Crippen molar-refractivity contribution in [1.29, 1.82) is 0 Å².